The predicted molar refractivity (Wildman–Crippen MR) is 121 cm³/mol. The molecule has 1 N–H and O–H groups in total. The molecule has 1 fully saturated rings. The standard InChI is InChI=1S/C21H27Cl3N2O6/c1-13-5-7-14(8-6-13)10-25(18(29)31-12-21(22,23)24)15-9-16(17(27)28)26(11-15)19(30)32-20(2,3)4/h5-8,15-16H,9-12H2,1-4H3,(H,27,28)/t15-,16-/m0/s1. The van der Waals surface area contributed by atoms with Crippen LogP contribution in [0.4, 0.5) is 9.59 Å². The first-order chi connectivity index (χ1) is 14.7. The van der Waals surface area contributed by atoms with Crippen LogP contribution in [0.2, 0.25) is 0 Å². The number of carbonyl (C=O) groups excluding carboxylic acids is 2. The van der Waals surface area contributed by atoms with E-state index in [-0.39, 0.29) is 19.5 Å². The third-order valence-corrected chi connectivity index (χ3v) is 5.03. The number of alkyl halides is 3. The highest BCUT2D eigenvalue weighted by molar-refractivity contribution is 6.67. The highest BCUT2D eigenvalue weighted by Crippen LogP contribution is 2.29. The van der Waals surface area contributed by atoms with E-state index in [1.54, 1.807) is 20.8 Å². The van der Waals surface area contributed by atoms with E-state index in [1.807, 2.05) is 31.2 Å². The molecule has 178 valence electrons. The molecule has 1 aliphatic heterocycles. The third kappa shape index (κ3) is 7.90. The summed E-state index contributed by atoms with van der Waals surface area (Å²) >= 11 is 17.1. The first-order valence-corrected chi connectivity index (χ1v) is 11.1. The molecular formula is C21H27Cl3N2O6. The number of halogens is 3. The van der Waals surface area contributed by atoms with Crippen molar-refractivity contribution in [3.05, 3.63) is 35.4 Å². The van der Waals surface area contributed by atoms with Gasteiger partial charge in [-0.1, -0.05) is 64.6 Å². The van der Waals surface area contributed by atoms with E-state index >= 15 is 0 Å². The van der Waals surface area contributed by atoms with Crippen LogP contribution >= 0.6 is 34.8 Å². The van der Waals surface area contributed by atoms with Crippen LogP contribution in [0.25, 0.3) is 0 Å². The Kier molecular flexibility index (Phi) is 8.53. The molecule has 2 rings (SSSR count). The topological polar surface area (TPSA) is 96.4 Å². The van der Waals surface area contributed by atoms with Crippen molar-refractivity contribution in [1.29, 1.82) is 0 Å². The van der Waals surface area contributed by atoms with Crippen molar-refractivity contribution < 1.29 is 29.0 Å². The number of nitrogens with zero attached hydrogens (tertiary/aromatic N) is 2. The number of hydrogen-bond acceptors (Lipinski definition) is 5. The van der Waals surface area contributed by atoms with Crippen molar-refractivity contribution >= 4 is 53.0 Å². The Morgan fingerprint density at radius 3 is 2.25 bits per heavy atom. The number of rotatable bonds is 5. The van der Waals surface area contributed by atoms with Crippen LogP contribution in [0, 0.1) is 6.92 Å². The molecule has 1 aromatic rings. The van der Waals surface area contributed by atoms with Crippen molar-refractivity contribution in [2.45, 2.75) is 62.1 Å². The van der Waals surface area contributed by atoms with Crippen molar-refractivity contribution in [2.24, 2.45) is 0 Å². The van der Waals surface area contributed by atoms with E-state index in [0.29, 0.717) is 0 Å². The molecule has 11 heteroatoms. The lowest BCUT2D eigenvalue weighted by Gasteiger charge is -2.29. The van der Waals surface area contributed by atoms with Gasteiger partial charge in [0.15, 0.2) is 0 Å². The van der Waals surface area contributed by atoms with E-state index in [9.17, 15) is 19.5 Å². The van der Waals surface area contributed by atoms with Crippen molar-refractivity contribution in [2.75, 3.05) is 13.2 Å². The number of amides is 2. The minimum absolute atomic E-state index is 0.00328. The van der Waals surface area contributed by atoms with Crippen LogP contribution < -0.4 is 0 Å². The molecule has 1 aromatic carbocycles. The Morgan fingerprint density at radius 1 is 1.16 bits per heavy atom. The zero-order valence-corrected chi connectivity index (χ0v) is 20.6. The Morgan fingerprint density at radius 2 is 1.75 bits per heavy atom. The molecule has 1 heterocycles. The molecule has 0 saturated carbocycles. The molecule has 2 amide bonds. The number of benzene rings is 1. The molecular weight excluding hydrogens is 483 g/mol. The van der Waals surface area contributed by atoms with E-state index in [4.69, 9.17) is 44.3 Å². The van der Waals surface area contributed by atoms with Gasteiger partial charge in [-0.2, -0.15) is 0 Å². The summed E-state index contributed by atoms with van der Waals surface area (Å²) < 4.78 is 8.71. The second-order valence-corrected chi connectivity index (χ2v) is 11.2. The highest BCUT2D eigenvalue weighted by Gasteiger charge is 2.45. The van der Waals surface area contributed by atoms with Gasteiger partial charge in [0.2, 0.25) is 3.79 Å². The van der Waals surface area contributed by atoms with Gasteiger partial charge in [-0.25, -0.2) is 14.4 Å². The van der Waals surface area contributed by atoms with Gasteiger partial charge in [0.1, 0.15) is 18.2 Å². The molecule has 32 heavy (non-hydrogen) atoms. The summed E-state index contributed by atoms with van der Waals surface area (Å²) in [5.74, 6) is -1.19. The van der Waals surface area contributed by atoms with Crippen LogP contribution in [0.15, 0.2) is 24.3 Å². The number of aliphatic carboxylic acids is 1. The fraction of sp³-hybridized carbons (Fsp3) is 0.571. The maximum atomic E-state index is 12.9. The number of carbonyl (C=O) groups is 3. The Hall–Kier alpha value is -1.90. The summed E-state index contributed by atoms with van der Waals surface area (Å²) in [4.78, 5) is 39.8. The first-order valence-electron chi connectivity index (χ1n) is 9.94. The third-order valence-electron chi connectivity index (χ3n) is 4.70. The van der Waals surface area contributed by atoms with Crippen molar-refractivity contribution in [1.82, 2.24) is 9.80 Å². The SMILES string of the molecule is Cc1ccc(CN(C(=O)OCC(Cl)(Cl)Cl)[C@H]2C[C@@H](C(=O)O)N(C(=O)OC(C)(C)C)C2)cc1. The zero-order chi connectivity index (χ0) is 24.3. The van der Waals surface area contributed by atoms with Crippen molar-refractivity contribution in [3.8, 4) is 0 Å². The Balaban J connectivity index is 2.28. The molecule has 0 aromatic heterocycles. The summed E-state index contributed by atoms with van der Waals surface area (Å²) in [5.41, 5.74) is 1.04. The lowest BCUT2D eigenvalue weighted by Crippen LogP contribution is -2.45. The van der Waals surface area contributed by atoms with Gasteiger partial charge < -0.3 is 14.6 Å². The van der Waals surface area contributed by atoms with Crippen LogP contribution in [-0.2, 0) is 20.8 Å². The fourth-order valence-electron chi connectivity index (χ4n) is 3.26. The fourth-order valence-corrected chi connectivity index (χ4v) is 3.42. The molecule has 1 aliphatic rings. The monoisotopic (exact) mass is 508 g/mol. The molecule has 8 nitrogen and oxygen atoms in total. The summed E-state index contributed by atoms with van der Waals surface area (Å²) in [5, 5.41) is 9.66. The minimum atomic E-state index is -1.80. The predicted octanol–water partition coefficient (Wildman–Crippen LogP) is 4.77. The summed E-state index contributed by atoms with van der Waals surface area (Å²) in [7, 11) is 0. The number of carboxylic acids is 1. The normalized spacial score (nSPS) is 18.9. The molecule has 0 aliphatic carbocycles. The molecule has 0 radical (unpaired) electrons. The van der Waals surface area contributed by atoms with Gasteiger partial charge in [-0.3, -0.25) is 9.80 Å². The first kappa shape index (κ1) is 26.4. The van der Waals surface area contributed by atoms with Crippen LogP contribution in [0.1, 0.15) is 38.3 Å². The number of likely N-dealkylation sites (tertiary alicyclic amines) is 1. The van der Waals surface area contributed by atoms with Gasteiger partial charge in [0.25, 0.3) is 0 Å². The Labute approximate surface area is 202 Å². The second-order valence-electron chi connectivity index (χ2n) is 8.66. The lowest BCUT2D eigenvalue weighted by molar-refractivity contribution is -0.142. The lowest BCUT2D eigenvalue weighted by atomic mass is 10.1. The van der Waals surface area contributed by atoms with Crippen LogP contribution in [-0.4, -0.2) is 67.7 Å². The summed E-state index contributed by atoms with van der Waals surface area (Å²) in [6, 6.07) is 5.67. The zero-order valence-electron chi connectivity index (χ0n) is 18.3. The number of carboxylic acid groups (broad SMARTS) is 1. The van der Waals surface area contributed by atoms with E-state index < -0.39 is 46.2 Å². The average molecular weight is 510 g/mol. The molecule has 0 spiro atoms. The molecule has 2 atom stereocenters. The van der Waals surface area contributed by atoms with Crippen molar-refractivity contribution in [3.63, 3.8) is 0 Å². The molecule has 1 saturated heterocycles. The summed E-state index contributed by atoms with van der Waals surface area (Å²) in [6.07, 6.45) is -1.54. The van der Waals surface area contributed by atoms with E-state index in [2.05, 4.69) is 0 Å². The highest BCUT2D eigenvalue weighted by atomic mass is 35.6. The number of hydrogen-bond donors (Lipinski definition) is 1. The molecule has 0 bridgehead atoms. The van der Waals surface area contributed by atoms with E-state index in [1.165, 1.54) is 4.90 Å². The van der Waals surface area contributed by atoms with Crippen LogP contribution in [0.3, 0.4) is 0 Å². The largest absolute Gasteiger partial charge is 0.480 e. The average Bonchev–Trinajstić information content (AvgIpc) is 3.09. The maximum absolute atomic E-state index is 12.9. The minimum Gasteiger partial charge on any atom is -0.480 e. The van der Waals surface area contributed by atoms with Gasteiger partial charge in [-0.15, -0.1) is 0 Å². The van der Waals surface area contributed by atoms with Gasteiger partial charge >= 0.3 is 18.2 Å². The smallest absolute Gasteiger partial charge is 0.411 e. The quantitative estimate of drug-likeness (QED) is 0.575. The van der Waals surface area contributed by atoms with E-state index in [0.717, 1.165) is 16.0 Å². The van der Waals surface area contributed by atoms with Gasteiger partial charge in [-0.05, 0) is 33.3 Å². The van der Waals surface area contributed by atoms with Crippen LogP contribution in [0.5, 0.6) is 0 Å². The molecule has 0 unspecified atom stereocenters. The van der Waals surface area contributed by atoms with Gasteiger partial charge in [0, 0.05) is 19.5 Å². The summed E-state index contributed by atoms with van der Waals surface area (Å²) in [6.45, 7) is 6.60. The second kappa shape index (κ2) is 10.4. The van der Waals surface area contributed by atoms with Gasteiger partial charge in [0.05, 0.1) is 6.04 Å². The maximum Gasteiger partial charge on any atom is 0.411 e. The number of aryl methyl sites for hydroxylation is 1. The number of ether oxygens (including phenoxy) is 2. The Bertz CT molecular complexity index is 835.